The molecule has 33 heavy (non-hydrogen) atoms. The highest BCUT2D eigenvalue weighted by molar-refractivity contribution is 7.80. The second-order valence-electron chi connectivity index (χ2n) is 8.60. The Morgan fingerprint density at radius 1 is 1.00 bits per heavy atom. The Kier molecular flexibility index (Phi) is 9.78. The minimum Gasteiger partial charge on any atom is -0.497 e. The minimum atomic E-state index is 0.198. The van der Waals surface area contributed by atoms with Crippen molar-refractivity contribution in [2.75, 3.05) is 39.9 Å². The van der Waals surface area contributed by atoms with Gasteiger partial charge in [-0.15, -0.1) is 12.6 Å². The SMILES string of the molecule is CC(C)CCOc1nc(C(C)N2CCNCC2)nc2ccccc12.COc1ccc(S)cc1. The Bertz CT molecular complexity index is 991. The monoisotopic (exact) mass is 468 g/mol. The van der Waals surface area contributed by atoms with Gasteiger partial charge in [-0.05, 0) is 55.7 Å². The fourth-order valence-electron chi connectivity index (χ4n) is 3.57. The van der Waals surface area contributed by atoms with Crippen LogP contribution in [-0.2, 0) is 0 Å². The minimum absolute atomic E-state index is 0.198. The summed E-state index contributed by atoms with van der Waals surface area (Å²) in [7, 11) is 1.65. The average molecular weight is 469 g/mol. The van der Waals surface area contributed by atoms with Gasteiger partial charge in [0.25, 0.3) is 0 Å². The smallest absolute Gasteiger partial charge is 0.224 e. The third-order valence-corrected chi connectivity index (χ3v) is 5.96. The lowest BCUT2D eigenvalue weighted by molar-refractivity contribution is 0.178. The summed E-state index contributed by atoms with van der Waals surface area (Å²) in [5.41, 5.74) is 0.962. The van der Waals surface area contributed by atoms with Crippen LogP contribution in [0, 0.1) is 5.92 Å². The van der Waals surface area contributed by atoms with Gasteiger partial charge in [0.05, 0.1) is 30.7 Å². The zero-order valence-electron chi connectivity index (χ0n) is 20.1. The van der Waals surface area contributed by atoms with E-state index < -0.39 is 0 Å². The molecule has 0 aliphatic carbocycles. The molecule has 2 aromatic carbocycles. The van der Waals surface area contributed by atoms with Crippen LogP contribution in [0.15, 0.2) is 53.4 Å². The molecule has 4 rings (SSSR count). The van der Waals surface area contributed by atoms with Crippen molar-refractivity contribution < 1.29 is 9.47 Å². The maximum absolute atomic E-state index is 6.03. The van der Waals surface area contributed by atoms with Crippen LogP contribution >= 0.6 is 12.6 Å². The Hall–Kier alpha value is -2.35. The summed E-state index contributed by atoms with van der Waals surface area (Å²) >= 11 is 4.11. The van der Waals surface area contributed by atoms with Crippen molar-refractivity contribution in [1.82, 2.24) is 20.2 Å². The summed E-state index contributed by atoms with van der Waals surface area (Å²) in [6, 6.07) is 15.9. The molecule has 178 valence electrons. The van der Waals surface area contributed by atoms with E-state index >= 15 is 0 Å². The zero-order chi connectivity index (χ0) is 23.6. The van der Waals surface area contributed by atoms with Gasteiger partial charge in [0, 0.05) is 31.1 Å². The average Bonchev–Trinajstić information content (AvgIpc) is 2.84. The number of piperazine rings is 1. The number of rotatable bonds is 7. The number of ether oxygens (including phenoxy) is 2. The Morgan fingerprint density at radius 3 is 2.36 bits per heavy atom. The van der Waals surface area contributed by atoms with E-state index in [0.29, 0.717) is 12.5 Å². The zero-order valence-corrected chi connectivity index (χ0v) is 21.0. The summed E-state index contributed by atoms with van der Waals surface area (Å²) in [4.78, 5) is 13.0. The number of nitrogens with one attached hydrogen (secondary N) is 1. The van der Waals surface area contributed by atoms with Gasteiger partial charge in [-0.2, -0.15) is 4.98 Å². The van der Waals surface area contributed by atoms with Gasteiger partial charge in [0.15, 0.2) is 0 Å². The summed E-state index contributed by atoms with van der Waals surface area (Å²) in [5, 5.41) is 4.39. The van der Waals surface area contributed by atoms with Crippen molar-refractivity contribution in [2.24, 2.45) is 5.92 Å². The summed E-state index contributed by atoms with van der Waals surface area (Å²) < 4.78 is 11.0. The van der Waals surface area contributed by atoms with Crippen LogP contribution in [0.5, 0.6) is 11.6 Å². The molecule has 1 atom stereocenters. The molecule has 1 aliphatic heterocycles. The molecule has 3 aromatic rings. The second kappa shape index (κ2) is 12.8. The van der Waals surface area contributed by atoms with Gasteiger partial charge in [-0.3, -0.25) is 4.90 Å². The Labute approximate surface area is 203 Å². The number of nitrogens with zero attached hydrogens (tertiary/aromatic N) is 3. The van der Waals surface area contributed by atoms with E-state index in [4.69, 9.17) is 19.4 Å². The molecule has 0 radical (unpaired) electrons. The molecule has 2 heterocycles. The van der Waals surface area contributed by atoms with Gasteiger partial charge in [-0.1, -0.05) is 26.0 Å². The maximum atomic E-state index is 6.03. The number of methoxy groups -OCH3 is 1. The van der Waals surface area contributed by atoms with Crippen molar-refractivity contribution in [3.8, 4) is 11.6 Å². The third-order valence-electron chi connectivity index (χ3n) is 5.66. The highest BCUT2D eigenvalue weighted by atomic mass is 32.1. The normalized spacial score (nSPS) is 15.1. The number of aromatic nitrogens is 2. The van der Waals surface area contributed by atoms with E-state index in [9.17, 15) is 0 Å². The number of hydrogen-bond acceptors (Lipinski definition) is 7. The Morgan fingerprint density at radius 2 is 1.70 bits per heavy atom. The number of thiol groups is 1. The highest BCUT2D eigenvalue weighted by Gasteiger charge is 2.22. The van der Waals surface area contributed by atoms with E-state index in [2.05, 4.69) is 43.6 Å². The van der Waals surface area contributed by atoms with E-state index in [1.807, 2.05) is 48.5 Å². The second-order valence-corrected chi connectivity index (χ2v) is 9.11. The first kappa shape index (κ1) is 25.3. The van der Waals surface area contributed by atoms with E-state index in [1.54, 1.807) is 7.11 Å². The molecule has 0 spiro atoms. The van der Waals surface area contributed by atoms with Gasteiger partial charge in [0.2, 0.25) is 5.88 Å². The fourth-order valence-corrected chi connectivity index (χ4v) is 3.72. The van der Waals surface area contributed by atoms with Crippen molar-refractivity contribution >= 4 is 23.5 Å². The lowest BCUT2D eigenvalue weighted by atomic mass is 10.1. The molecule has 1 saturated heterocycles. The van der Waals surface area contributed by atoms with Crippen molar-refractivity contribution in [1.29, 1.82) is 0 Å². The lowest BCUT2D eigenvalue weighted by Gasteiger charge is -2.32. The molecule has 1 unspecified atom stereocenters. The summed E-state index contributed by atoms with van der Waals surface area (Å²) in [6.45, 7) is 11.4. The molecule has 1 aromatic heterocycles. The Balaban J connectivity index is 0.000000286. The molecule has 1 aliphatic rings. The molecule has 0 amide bonds. The molecule has 1 fully saturated rings. The van der Waals surface area contributed by atoms with Gasteiger partial charge in [0.1, 0.15) is 11.6 Å². The van der Waals surface area contributed by atoms with Gasteiger partial charge < -0.3 is 14.8 Å². The first-order valence-electron chi connectivity index (χ1n) is 11.6. The van der Waals surface area contributed by atoms with Crippen LogP contribution in [0.2, 0.25) is 0 Å². The number of hydrogen-bond donors (Lipinski definition) is 2. The van der Waals surface area contributed by atoms with Crippen LogP contribution in [0.25, 0.3) is 10.9 Å². The topological polar surface area (TPSA) is 59.5 Å². The van der Waals surface area contributed by atoms with Crippen LogP contribution in [0.3, 0.4) is 0 Å². The standard InChI is InChI=1S/C19H28N4O.C7H8OS/c1-14(2)8-13-24-19-16-6-4-5-7-17(16)21-18(22-19)15(3)23-11-9-20-10-12-23;1-8-6-2-4-7(9)5-3-6/h4-7,14-15,20H,8-13H2,1-3H3;2-5,9H,1H3. The van der Waals surface area contributed by atoms with Crippen LogP contribution in [-0.4, -0.2) is 54.8 Å². The largest absolute Gasteiger partial charge is 0.497 e. The number of fused-ring (bicyclic) bond motifs is 1. The van der Waals surface area contributed by atoms with Gasteiger partial charge >= 0.3 is 0 Å². The maximum Gasteiger partial charge on any atom is 0.224 e. The molecule has 0 bridgehead atoms. The van der Waals surface area contributed by atoms with E-state index in [-0.39, 0.29) is 6.04 Å². The predicted octanol–water partition coefficient (Wildman–Crippen LogP) is 5.00. The lowest BCUT2D eigenvalue weighted by Crippen LogP contribution is -2.44. The van der Waals surface area contributed by atoms with Crippen molar-refractivity contribution in [3.05, 3.63) is 54.4 Å². The van der Waals surface area contributed by atoms with E-state index in [0.717, 1.165) is 65.9 Å². The summed E-state index contributed by atoms with van der Waals surface area (Å²) in [6.07, 6.45) is 1.03. The van der Waals surface area contributed by atoms with Crippen LogP contribution in [0.1, 0.15) is 39.1 Å². The van der Waals surface area contributed by atoms with Crippen LogP contribution in [0.4, 0.5) is 0 Å². The molecular weight excluding hydrogens is 432 g/mol. The first-order valence-corrected chi connectivity index (χ1v) is 12.1. The predicted molar refractivity (Wildman–Crippen MR) is 138 cm³/mol. The molecule has 6 nitrogen and oxygen atoms in total. The molecule has 7 heteroatoms. The fraction of sp³-hybridized carbons (Fsp3) is 0.462. The van der Waals surface area contributed by atoms with Crippen molar-refractivity contribution in [2.45, 2.75) is 38.1 Å². The third kappa shape index (κ3) is 7.59. The van der Waals surface area contributed by atoms with Crippen LogP contribution < -0.4 is 14.8 Å². The number of para-hydroxylation sites is 1. The molecular formula is C26H36N4O2S. The van der Waals surface area contributed by atoms with E-state index in [1.165, 1.54) is 0 Å². The first-order chi connectivity index (χ1) is 16.0. The number of benzene rings is 2. The quantitative estimate of drug-likeness (QED) is 0.476. The van der Waals surface area contributed by atoms with Crippen molar-refractivity contribution in [3.63, 3.8) is 0 Å². The van der Waals surface area contributed by atoms with Gasteiger partial charge in [-0.25, -0.2) is 4.98 Å². The molecule has 0 saturated carbocycles. The summed E-state index contributed by atoms with van der Waals surface area (Å²) in [5.74, 6) is 3.07. The highest BCUT2D eigenvalue weighted by Crippen LogP contribution is 2.26. The molecule has 1 N–H and O–H groups in total.